The van der Waals surface area contributed by atoms with E-state index in [9.17, 15) is 4.79 Å². The summed E-state index contributed by atoms with van der Waals surface area (Å²) in [5.74, 6) is 0.642. The van der Waals surface area contributed by atoms with Crippen molar-refractivity contribution in [3.8, 4) is 11.3 Å². The van der Waals surface area contributed by atoms with Gasteiger partial charge in [-0.2, -0.15) is 5.10 Å². The Bertz CT molecular complexity index is 1040. The van der Waals surface area contributed by atoms with Crippen molar-refractivity contribution in [2.75, 3.05) is 31.6 Å². The van der Waals surface area contributed by atoms with E-state index in [1.54, 1.807) is 23.3 Å². The fourth-order valence-electron chi connectivity index (χ4n) is 3.88. The van der Waals surface area contributed by atoms with Crippen molar-refractivity contribution in [1.82, 2.24) is 24.6 Å². The number of aryl methyl sites for hydroxylation is 1. The molecule has 0 aliphatic carbocycles. The minimum atomic E-state index is 0.0168. The number of fused-ring (bicyclic) bond motifs is 1. The van der Waals surface area contributed by atoms with Crippen molar-refractivity contribution in [1.29, 1.82) is 0 Å². The molecule has 1 aliphatic rings. The lowest BCUT2D eigenvalue weighted by Gasteiger charge is -2.31. The number of hydrogen-bond donors (Lipinski definition) is 1. The number of nitrogens with one attached hydrogen (secondary N) is 1. The molecule has 31 heavy (non-hydrogen) atoms. The number of rotatable bonds is 7. The molecule has 0 atom stereocenters. The van der Waals surface area contributed by atoms with Crippen LogP contribution in [0.1, 0.15) is 26.7 Å². The van der Waals surface area contributed by atoms with Crippen LogP contribution in [0, 0.1) is 5.92 Å². The molecular formula is C23H30N6O2. The van der Waals surface area contributed by atoms with Crippen LogP contribution in [-0.4, -0.2) is 62.9 Å². The van der Waals surface area contributed by atoms with Crippen LogP contribution in [0.15, 0.2) is 36.9 Å². The number of likely N-dealkylation sites (tertiary alicyclic amines) is 1. The number of pyridine rings is 2. The first kappa shape index (κ1) is 21.4. The van der Waals surface area contributed by atoms with Gasteiger partial charge in [0, 0.05) is 49.1 Å². The van der Waals surface area contributed by atoms with Gasteiger partial charge in [0.1, 0.15) is 5.82 Å². The molecule has 3 aromatic heterocycles. The van der Waals surface area contributed by atoms with Gasteiger partial charge in [-0.3, -0.25) is 14.5 Å². The molecular weight excluding hydrogens is 392 g/mol. The molecule has 8 nitrogen and oxygen atoms in total. The lowest BCUT2D eigenvalue weighted by atomic mass is 9.96. The molecule has 0 aromatic carbocycles. The lowest BCUT2D eigenvalue weighted by molar-refractivity contribution is -0.121. The van der Waals surface area contributed by atoms with Crippen LogP contribution in [0.5, 0.6) is 0 Å². The lowest BCUT2D eigenvalue weighted by Crippen LogP contribution is -2.39. The number of carbonyl (C=O) groups is 1. The predicted octanol–water partition coefficient (Wildman–Crippen LogP) is 3.11. The maximum atomic E-state index is 12.8. The number of piperidine rings is 1. The molecule has 1 saturated heterocycles. The molecule has 0 unspecified atom stereocenters. The number of carbonyl (C=O) groups excluding carboxylic acids is 1. The quantitative estimate of drug-likeness (QED) is 0.630. The Morgan fingerprint density at radius 1 is 1.16 bits per heavy atom. The summed E-state index contributed by atoms with van der Waals surface area (Å²) in [6.07, 6.45) is 9.25. The van der Waals surface area contributed by atoms with Crippen molar-refractivity contribution in [2.24, 2.45) is 13.0 Å². The summed E-state index contributed by atoms with van der Waals surface area (Å²) in [6.45, 7) is 7.61. The highest BCUT2D eigenvalue weighted by Crippen LogP contribution is 2.24. The summed E-state index contributed by atoms with van der Waals surface area (Å²) >= 11 is 0. The fourth-order valence-corrected chi connectivity index (χ4v) is 3.88. The Morgan fingerprint density at radius 3 is 2.65 bits per heavy atom. The minimum absolute atomic E-state index is 0.0168. The van der Waals surface area contributed by atoms with Crippen LogP contribution < -0.4 is 5.32 Å². The standard InChI is InChI=1S/C23H30N6O2/c1-16(2)31-9-8-29-6-4-17(5-7-29)23(30)27-22-11-18-10-21(20-14-26-28(3)15-20)24-12-19(18)13-25-22/h10-17H,4-9H2,1-3H3,(H,25,27,30). The Morgan fingerprint density at radius 2 is 1.94 bits per heavy atom. The number of amides is 1. The maximum Gasteiger partial charge on any atom is 0.228 e. The van der Waals surface area contributed by atoms with Gasteiger partial charge in [-0.15, -0.1) is 0 Å². The monoisotopic (exact) mass is 422 g/mol. The van der Waals surface area contributed by atoms with E-state index >= 15 is 0 Å². The van der Waals surface area contributed by atoms with E-state index in [1.165, 1.54) is 0 Å². The largest absolute Gasteiger partial charge is 0.377 e. The van der Waals surface area contributed by atoms with Crippen molar-refractivity contribution in [3.63, 3.8) is 0 Å². The summed E-state index contributed by atoms with van der Waals surface area (Å²) in [4.78, 5) is 24.1. The highest BCUT2D eigenvalue weighted by atomic mass is 16.5. The topological polar surface area (TPSA) is 85.2 Å². The van der Waals surface area contributed by atoms with Crippen LogP contribution in [0.4, 0.5) is 5.82 Å². The minimum Gasteiger partial charge on any atom is -0.377 e. The maximum absolute atomic E-state index is 12.8. The van der Waals surface area contributed by atoms with E-state index in [0.29, 0.717) is 5.82 Å². The van der Waals surface area contributed by atoms with E-state index < -0.39 is 0 Å². The van der Waals surface area contributed by atoms with Crippen molar-refractivity contribution < 1.29 is 9.53 Å². The predicted molar refractivity (Wildman–Crippen MR) is 121 cm³/mol. The molecule has 1 aliphatic heterocycles. The molecule has 1 fully saturated rings. The third-order valence-electron chi connectivity index (χ3n) is 5.67. The van der Waals surface area contributed by atoms with E-state index in [-0.39, 0.29) is 17.9 Å². The third-order valence-corrected chi connectivity index (χ3v) is 5.67. The van der Waals surface area contributed by atoms with Crippen LogP contribution in [-0.2, 0) is 16.6 Å². The third kappa shape index (κ3) is 5.45. The van der Waals surface area contributed by atoms with Gasteiger partial charge in [-0.05, 0) is 57.3 Å². The Hall–Kier alpha value is -2.84. The summed E-state index contributed by atoms with van der Waals surface area (Å²) in [5.41, 5.74) is 1.80. The molecule has 0 bridgehead atoms. The zero-order chi connectivity index (χ0) is 21.8. The molecule has 0 spiro atoms. The zero-order valence-electron chi connectivity index (χ0n) is 18.4. The molecule has 3 aromatic rings. The number of nitrogens with zero attached hydrogens (tertiary/aromatic N) is 5. The first-order valence-corrected chi connectivity index (χ1v) is 10.9. The average Bonchev–Trinajstić information content (AvgIpc) is 3.20. The summed E-state index contributed by atoms with van der Waals surface area (Å²) in [7, 11) is 1.88. The SMILES string of the molecule is CC(C)OCCN1CCC(C(=O)Nc2cc3cc(-c4cnn(C)c4)ncc3cn2)CC1. The smallest absolute Gasteiger partial charge is 0.228 e. The molecule has 8 heteroatoms. The summed E-state index contributed by atoms with van der Waals surface area (Å²) in [6, 6.07) is 3.91. The van der Waals surface area contributed by atoms with E-state index in [2.05, 4.69) is 25.3 Å². The first-order chi connectivity index (χ1) is 15.0. The average molecular weight is 423 g/mol. The van der Waals surface area contributed by atoms with E-state index in [0.717, 1.165) is 61.1 Å². The van der Waals surface area contributed by atoms with Crippen LogP contribution in [0.2, 0.25) is 0 Å². The normalized spacial score (nSPS) is 15.6. The van der Waals surface area contributed by atoms with Crippen molar-refractivity contribution >= 4 is 22.5 Å². The summed E-state index contributed by atoms with van der Waals surface area (Å²) in [5, 5.41) is 9.14. The highest BCUT2D eigenvalue weighted by Gasteiger charge is 2.25. The van der Waals surface area contributed by atoms with Gasteiger partial charge in [0.15, 0.2) is 0 Å². The molecule has 4 heterocycles. The number of ether oxygens (including phenoxy) is 1. The molecule has 0 saturated carbocycles. The van der Waals surface area contributed by atoms with E-state index in [4.69, 9.17) is 4.74 Å². The van der Waals surface area contributed by atoms with Crippen LogP contribution >= 0.6 is 0 Å². The number of hydrogen-bond acceptors (Lipinski definition) is 6. The van der Waals surface area contributed by atoms with Gasteiger partial charge in [-0.1, -0.05) is 0 Å². The molecule has 4 rings (SSSR count). The second kappa shape index (κ2) is 9.53. The van der Waals surface area contributed by atoms with Gasteiger partial charge in [0.25, 0.3) is 0 Å². The number of anilines is 1. The highest BCUT2D eigenvalue weighted by molar-refractivity contribution is 5.94. The van der Waals surface area contributed by atoms with E-state index in [1.807, 2.05) is 39.2 Å². The van der Waals surface area contributed by atoms with Gasteiger partial charge in [-0.25, -0.2) is 4.98 Å². The Balaban J connectivity index is 1.36. The van der Waals surface area contributed by atoms with Crippen LogP contribution in [0.3, 0.4) is 0 Å². The molecule has 1 amide bonds. The molecule has 1 N–H and O–H groups in total. The molecule has 164 valence electrons. The number of aromatic nitrogens is 4. The molecule has 0 radical (unpaired) electrons. The first-order valence-electron chi connectivity index (χ1n) is 10.9. The van der Waals surface area contributed by atoms with Crippen LogP contribution in [0.25, 0.3) is 22.0 Å². The second-order valence-electron chi connectivity index (χ2n) is 8.41. The second-order valence-corrected chi connectivity index (χ2v) is 8.41. The fraction of sp³-hybridized carbons (Fsp3) is 0.478. The van der Waals surface area contributed by atoms with Crippen molar-refractivity contribution in [3.05, 3.63) is 36.9 Å². The Kier molecular flexibility index (Phi) is 6.58. The van der Waals surface area contributed by atoms with Gasteiger partial charge in [0.05, 0.1) is 24.6 Å². The zero-order valence-corrected chi connectivity index (χ0v) is 18.4. The van der Waals surface area contributed by atoms with Crippen molar-refractivity contribution in [2.45, 2.75) is 32.8 Å². The Labute approximate surface area is 182 Å². The van der Waals surface area contributed by atoms with Gasteiger partial charge in [0.2, 0.25) is 5.91 Å². The summed E-state index contributed by atoms with van der Waals surface area (Å²) < 4.78 is 7.38. The van der Waals surface area contributed by atoms with Gasteiger partial charge >= 0.3 is 0 Å². The van der Waals surface area contributed by atoms with Gasteiger partial charge < -0.3 is 15.0 Å².